The summed E-state index contributed by atoms with van der Waals surface area (Å²) in [6.45, 7) is 1.89. The van der Waals surface area contributed by atoms with Crippen LogP contribution in [-0.4, -0.2) is 20.7 Å². The van der Waals surface area contributed by atoms with E-state index in [0.717, 1.165) is 16.8 Å². The van der Waals surface area contributed by atoms with Gasteiger partial charge in [0.25, 0.3) is 0 Å². The van der Waals surface area contributed by atoms with Gasteiger partial charge in [-0.1, -0.05) is 23.7 Å². The Morgan fingerprint density at radius 3 is 2.75 bits per heavy atom. The van der Waals surface area contributed by atoms with Gasteiger partial charge in [0.1, 0.15) is 0 Å². The maximum absolute atomic E-state index is 12.1. The summed E-state index contributed by atoms with van der Waals surface area (Å²) in [6, 6.07) is 11.0. The molecule has 24 heavy (non-hydrogen) atoms. The van der Waals surface area contributed by atoms with Gasteiger partial charge < -0.3 is 5.32 Å². The van der Waals surface area contributed by atoms with Gasteiger partial charge in [-0.2, -0.15) is 0 Å². The van der Waals surface area contributed by atoms with Crippen LogP contribution in [0.25, 0.3) is 11.8 Å². The van der Waals surface area contributed by atoms with Crippen LogP contribution in [0.1, 0.15) is 11.1 Å². The van der Waals surface area contributed by atoms with Gasteiger partial charge in [-0.05, 0) is 42.8 Å². The van der Waals surface area contributed by atoms with Crippen molar-refractivity contribution < 1.29 is 4.79 Å². The van der Waals surface area contributed by atoms with Crippen LogP contribution in [0.4, 0.5) is 5.82 Å². The highest BCUT2D eigenvalue weighted by Gasteiger charge is 2.08. The number of aryl methyl sites for hydroxylation is 1. The van der Waals surface area contributed by atoms with Gasteiger partial charge in [0, 0.05) is 29.1 Å². The zero-order valence-corrected chi connectivity index (χ0v) is 13.7. The molecule has 1 amide bonds. The molecule has 0 atom stereocenters. The number of hydrogen-bond donors (Lipinski definition) is 1. The van der Waals surface area contributed by atoms with E-state index in [-0.39, 0.29) is 5.91 Å². The average molecular weight is 339 g/mol. The van der Waals surface area contributed by atoms with E-state index >= 15 is 0 Å². The number of halogens is 1. The topological polar surface area (TPSA) is 59.8 Å². The lowest BCUT2D eigenvalue weighted by molar-refractivity contribution is -0.111. The number of aromatic nitrogens is 3. The molecular formula is C18H15ClN4O. The quantitative estimate of drug-likeness (QED) is 0.734. The molecule has 2 aromatic heterocycles. The van der Waals surface area contributed by atoms with Crippen molar-refractivity contribution in [3.63, 3.8) is 0 Å². The van der Waals surface area contributed by atoms with Crippen molar-refractivity contribution in [2.75, 3.05) is 5.32 Å². The standard InChI is InChI=1S/C18H15ClN4O/c1-13-12-23(16-3-2-10-20-11-16)22-18(13)21-17(24)9-6-14-4-7-15(19)8-5-14/h2-12H,1H3,(H,21,22,24)/b9-6+. The first kappa shape index (κ1) is 16.0. The average Bonchev–Trinajstić information content (AvgIpc) is 2.96. The van der Waals surface area contributed by atoms with E-state index in [1.807, 2.05) is 37.4 Å². The zero-order valence-electron chi connectivity index (χ0n) is 13.0. The monoisotopic (exact) mass is 338 g/mol. The van der Waals surface area contributed by atoms with E-state index in [2.05, 4.69) is 15.4 Å². The zero-order chi connectivity index (χ0) is 16.9. The highest BCUT2D eigenvalue weighted by molar-refractivity contribution is 6.30. The summed E-state index contributed by atoms with van der Waals surface area (Å²) in [6.07, 6.45) is 8.43. The summed E-state index contributed by atoms with van der Waals surface area (Å²) in [5.41, 5.74) is 2.59. The van der Waals surface area contributed by atoms with Crippen molar-refractivity contribution >= 4 is 29.4 Å². The van der Waals surface area contributed by atoms with Crippen molar-refractivity contribution in [2.45, 2.75) is 6.92 Å². The van der Waals surface area contributed by atoms with E-state index in [1.165, 1.54) is 6.08 Å². The molecule has 0 saturated carbocycles. The summed E-state index contributed by atoms with van der Waals surface area (Å²) >= 11 is 5.83. The number of benzene rings is 1. The SMILES string of the molecule is Cc1cn(-c2cccnc2)nc1NC(=O)/C=C/c1ccc(Cl)cc1. The summed E-state index contributed by atoms with van der Waals surface area (Å²) in [5, 5.41) is 7.82. The summed E-state index contributed by atoms with van der Waals surface area (Å²) in [5.74, 6) is 0.272. The first-order valence-corrected chi connectivity index (χ1v) is 7.71. The van der Waals surface area contributed by atoms with E-state index in [9.17, 15) is 4.79 Å². The van der Waals surface area contributed by atoms with Crippen molar-refractivity contribution in [1.82, 2.24) is 14.8 Å². The molecule has 0 saturated heterocycles. The third-order valence-corrected chi connectivity index (χ3v) is 3.60. The van der Waals surface area contributed by atoms with Crippen molar-refractivity contribution in [3.05, 3.63) is 77.2 Å². The Morgan fingerprint density at radius 1 is 1.25 bits per heavy atom. The number of carbonyl (C=O) groups is 1. The molecular weight excluding hydrogens is 324 g/mol. The Labute approximate surface area is 144 Å². The number of pyridine rings is 1. The molecule has 0 unspecified atom stereocenters. The predicted molar refractivity (Wildman–Crippen MR) is 95.2 cm³/mol. The number of nitrogens with one attached hydrogen (secondary N) is 1. The molecule has 0 aliphatic rings. The summed E-state index contributed by atoms with van der Waals surface area (Å²) in [4.78, 5) is 16.1. The van der Waals surface area contributed by atoms with Gasteiger partial charge in [-0.25, -0.2) is 4.68 Å². The van der Waals surface area contributed by atoms with Crippen LogP contribution in [0.2, 0.25) is 5.02 Å². The second kappa shape index (κ2) is 7.10. The largest absolute Gasteiger partial charge is 0.305 e. The van der Waals surface area contributed by atoms with Crippen molar-refractivity contribution in [1.29, 1.82) is 0 Å². The predicted octanol–water partition coefficient (Wildman–Crippen LogP) is 3.88. The third-order valence-electron chi connectivity index (χ3n) is 3.35. The van der Waals surface area contributed by atoms with Gasteiger partial charge in [0.2, 0.25) is 5.91 Å². The molecule has 6 heteroatoms. The molecule has 1 aromatic carbocycles. The van der Waals surface area contributed by atoms with E-state index < -0.39 is 0 Å². The summed E-state index contributed by atoms with van der Waals surface area (Å²) < 4.78 is 1.68. The fourth-order valence-electron chi connectivity index (χ4n) is 2.11. The number of nitrogens with zero attached hydrogens (tertiary/aromatic N) is 3. The fraction of sp³-hybridized carbons (Fsp3) is 0.0556. The third kappa shape index (κ3) is 3.88. The molecule has 3 rings (SSSR count). The molecule has 0 bridgehead atoms. The highest BCUT2D eigenvalue weighted by Crippen LogP contribution is 2.15. The van der Waals surface area contributed by atoms with E-state index in [4.69, 9.17) is 11.6 Å². The second-order valence-electron chi connectivity index (χ2n) is 5.19. The molecule has 0 aliphatic carbocycles. The van der Waals surface area contributed by atoms with Gasteiger partial charge in [-0.15, -0.1) is 5.10 Å². The molecule has 120 valence electrons. The van der Waals surface area contributed by atoms with E-state index in [0.29, 0.717) is 10.8 Å². The molecule has 1 N–H and O–H groups in total. The molecule has 5 nitrogen and oxygen atoms in total. The van der Waals surface area contributed by atoms with E-state index in [1.54, 1.807) is 35.3 Å². The van der Waals surface area contributed by atoms with Gasteiger partial charge >= 0.3 is 0 Å². The Hall–Kier alpha value is -2.92. The van der Waals surface area contributed by atoms with Crippen LogP contribution in [0.3, 0.4) is 0 Å². The minimum Gasteiger partial charge on any atom is -0.305 e. The van der Waals surface area contributed by atoms with Crippen LogP contribution >= 0.6 is 11.6 Å². The highest BCUT2D eigenvalue weighted by atomic mass is 35.5. The Bertz CT molecular complexity index is 870. The van der Waals surface area contributed by atoms with Crippen molar-refractivity contribution in [2.24, 2.45) is 0 Å². The molecule has 0 aliphatic heterocycles. The number of amides is 1. The van der Waals surface area contributed by atoms with Gasteiger partial charge in [0.05, 0.1) is 11.9 Å². The lowest BCUT2D eigenvalue weighted by Crippen LogP contribution is -2.09. The van der Waals surface area contributed by atoms with Gasteiger partial charge in [0.15, 0.2) is 5.82 Å². The number of anilines is 1. The summed E-state index contributed by atoms with van der Waals surface area (Å²) in [7, 11) is 0. The maximum Gasteiger partial charge on any atom is 0.249 e. The maximum atomic E-state index is 12.1. The van der Waals surface area contributed by atoms with Crippen LogP contribution in [0, 0.1) is 6.92 Å². The van der Waals surface area contributed by atoms with Crippen molar-refractivity contribution in [3.8, 4) is 5.69 Å². The smallest absolute Gasteiger partial charge is 0.249 e. The second-order valence-corrected chi connectivity index (χ2v) is 5.63. The Balaban J connectivity index is 1.70. The molecule has 2 heterocycles. The van der Waals surface area contributed by atoms with Crippen LogP contribution in [0.5, 0.6) is 0 Å². The number of rotatable bonds is 4. The van der Waals surface area contributed by atoms with Crippen LogP contribution < -0.4 is 5.32 Å². The molecule has 0 fully saturated rings. The van der Waals surface area contributed by atoms with Gasteiger partial charge in [-0.3, -0.25) is 9.78 Å². The molecule has 3 aromatic rings. The number of carbonyl (C=O) groups excluding carboxylic acids is 1. The molecule has 0 spiro atoms. The first-order valence-electron chi connectivity index (χ1n) is 7.33. The van der Waals surface area contributed by atoms with Crippen LogP contribution in [0.15, 0.2) is 61.1 Å². The Morgan fingerprint density at radius 2 is 2.04 bits per heavy atom. The fourth-order valence-corrected chi connectivity index (χ4v) is 2.24. The molecule has 0 radical (unpaired) electrons. The minimum absolute atomic E-state index is 0.246. The normalized spacial score (nSPS) is 10.9. The minimum atomic E-state index is -0.246. The lowest BCUT2D eigenvalue weighted by atomic mass is 10.2. The first-order chi connectivity index (χ1) is 11.6. The van der Waals surface area contributed by atoms with Crippen LogP contribution in [-0.2, 0) is 4.79 Å². The lowest BCUT2D eigenvalue weighted by Gasteiger charge is -2.00. The number of hydrogen-bond acceptors (Lipinski definition) is 3. The Kier molecular flexibility index (Phi) is 4.72.